The van der Waals surface area contributed by atoms with Crippen LogP contribution in [0.5, 0.6) is 0 Å². The Kier molecular flexibility index (Phi) is 4.73. The van der Waals surface area contributed by atoms with Crippen LogP contribution in [0.2, 0.25) is 0 Å². The van der Waals surface area contributed by atoms with Gasteiger partial charge in [-0.05, 0) is 54.7 Å². The van der Waals surface area contributed by atoms with Crippen LogP contribution in [0, 0.1) is 11.3 Å². The van der Waals surface area contributed by atoms with Crippen molar-refractivity contribution in [2.45, 2.75) is 19.3 Å². The van der Waals surface area contributed by atoms with E-state index in [4.69, 9.17) is 4.98 Å². The fourth-order valence-corrected chi connectivity index (χ4v) is 4.76. The van der Waals surface area contributed by atoms with E-state index in [2.05, 4.69) is 39.3 Å². The number of hydrogen-bond acceptors (Lipinski definition) is 5. The van der Waals surface area contributed by atoms with Crippen molar-refractivity contribution in [3.8, 4) is 28.3 Å². The van der Waals surface area contributed by atoms with Crippen LogP contribution < -0.4 is 4.90 Å². The number of pyridine rings is 1. The largest absolute Gasteiger partial charge is 0.370 e. The molecular formula is C27H22N6. The average Bonchev–Trinajstić information content (AvgIpc) is 3.31. The molecule has 2 aromatic carbocycles. The molecule has 0 saturated carbocycles. The molecule has 4 heterocycles. The smallest absolute Gasteiger partial charge is 0.162 e. The molecule has 1 aliphatic heterocycles. The molecule has 0 bridgehead atoms. The minimum absolute atomic E-state index is 0.707. The summed E-state index contributed by atoms with van der Waals surface area (Å²) in [6.07, 6.45) is 11.1. The lowest BCUT2D eigenvalue weighted by atomic mass is 10.0. The number of fused-ring (bicyclic) bond motifs is 2. The van der Waals surface area contributed by atoms with Crippen LogP contribution in [-0.4, -0.2) is 32.7 Å². The maximum atomic E-state index is 9.79. The summed E-state index contributed by atoms with van der Waals surface area (Å²) in [6, 6.07) is 18.6. The molecular weight excluding hydrogens is 408 g/mol. The maximum absolute atomic E-state index is 9.79. The number of aromatic nitrogens is 4. The molecule has 5 aromatic rings. The van der Waals surface area contributed by atoms with E-state index in [1.165, 1.54) is 19.3 Å². The Morgan fingerprint density at radius 3 is 2.61 bits per heavy atom. The van der Waals surface area contributed by atoms with E-state index in [1.807, 2.05) is 59.6 Å². The number of anilines is 1. The number of hydrogen-bond donors (Lipinski definition) is 0. The summed E-state index contributed by atoms with van der Waals surface area (Å²) < 4.78 is 1.81. The Morgan fingerprint density at radius 1 is 0.848 bits per heavy atom. The van der Waals surface area contributed by atoms with Crippen LogP contribution in [0.1, 0.15) is 24.8 Å². The normalized spacial score (nSPS) is 14.0. The second-order valence-corrected chi connectivity index (χ2v) is 8.44. The third-order valence-corrected chi connectivity index (χ3v) is 6.44. The zero-order valence-electron chi connectivity index (χ0n) is 18.1. The van der Waals surface area contributed by atoms with Crippen LogP contribution in [0.4, 0.5) is 5.69 Å². The van der Waals surface area contributed by atoms with Gasteiger partial charge in [0.2, 0.25) is 0 Å². The monoisotopic (exact) mass is 430 g/mol. The van der Waals surface area contributed by atoms with Gasteiger partial charge in [0.1, 0.15) is 6.07 Å². The molecule has 6 rings (SSSR count). The summed E-state index contributed by atoms with van der Waals surface area (Å²) in [5.41, 5.74) is 7.41. The van der Waals surface area contributed by atoms with Gasteiger partial charge in [-0.2, -0.15) is 10.4 Å². The molecule has 3 aromatic heterocycles. The predicted molar refractivity (Wildman–Crippen MR) is 130 cm³/mol. The Hall–Kier alpha value is -4.24. The third kappa shape index (κ3) is 3.39. The highest BCUT2D eigenvalue weighted by molar-refractivity contribution is 5.97. The van der Waals surface area contributed by atoms with Crippen LogP contribution in [-0.2, 0) is 0 Å². The van der Waals surface area contributed by atoms with Gasteiger partial charge in [0, 0.05) is 48.2 Å². The van der Waals surface area contributed by atoms with E-state index < -0.39 is 0 Å². The van der Waals surface area contributed by atoms with E-state index in [-0.39, 0.29) is 0 Å². The van der Waals surface area contributed by atoms with Gasteiger partial charge in [0.05, 0.1) is 23.0 Å². The SMILES string of the molecule is N#Cc1cc(-c2cnc3c(-c4ccnc5ccccc45)cnn3c2)ccc1N1CCCCC1. The van der Waals surface area contributed by atoms with E-state index >= 15 is 0 Å². The van der Waals surface area contributed by atoms with Crippen molar-refractivity contribution in [1.82, 2.24) is 19.6 Å². The molecule has 0 radical (unpaired) electrons. The number of para-hydroxylation sites is 1. The minimum Gasteiger partial charge on any atom is -0.370 e. The molecule has 160 valence electrons. The number of piperidine rings is 1. The number of rotatable bonds is 3. The molecule has 0 aliphatic carbocycles. The van der Waals surface area contributed by atoms with Gasteiger partial charge in [-0.15, -0.1) is 0 Å². The second-order valence-electron chi connectivity index (χ2n) is 8.44. The highest BCUT2D eigenvalue weighted by Gasteiger charge is 2.16. The first kappa shape index (κ1) is 19.4. The summed E-state index contributed by atoms with van der Waals surface area (Å²) in [6.45, 7) is 2.03. The fraction of sp³-hybridized carbons (Fsp3) is 0.185. The lowest BCUT2D eigenvalue weighted by Gasteiger charge is -2.29. The van der Waals surface area contributed by atoms with Gasteiger partial charge in [0.25, 0.3) is 0 Å². The molecule has 0 amide bonds. The van der Waals surface area contributed by atoms with Gasteiger partial charge in [-0.25, -0.2) is 9.50 Å². The summed E-state index contributed by atoms with van der Waals surface area (Å²) in [5, 5.41) is 15.5. The van der Waals surface area contributed by atoms with Crippen molar-refractivity contribution < 1.29 is 0 Å². The van der Waals surface area contributed by atoms with Crippen molar-refractivity contribution in [2.24, 2.45) is 0 Å². The zero-order chi connectivity index (χ0) is 22.2. The minimum atomic E-state index is 0.707. The summed E-state index contributed by atoms with van der Waals surface area (Å²) in [7, 11) is 0. The van der Waals surface area contributed by atoms with Crippen LogP contribution in [0.15, 0.2) is 73.3 Å². The Balaban J connectivity index is 1.40. The molecule has 0 unspecified atom stereocenters. The number of benzene rings is 2. The van der Waals surface area contributed by atoms with Crippen molar-refractivity contribution >= 4 is 22.2 Å². The first-order valence-corrected chi connectivity index (χ1v) is 11.3. The van der Waals surface area contributed by atoms with Crippen LogP contribution in [0.25, 0.3) is 38.8 Å². The quantitative estimate of drug-likeness (QED) is 0.379. The molecule has 0 N–H and O–H groups in total. The number of nitriles is 1. The van der Waals surface area contributed by atoms with Crippen LogP contribution >= 0.6 is 0 Å². The fourth-order valence-electron chi connectivity index (χ4n) is 4.76. The van der Waals surface area contributed by atoms with Crippen molar-refractivity contribution in [3.63, 3.8) is 0 Å². The van der Waals surface area contributed by atoms with Gasteiger partial charge < -0.3 is 4.90 Å². The highest BCUT2D eigenvalue weighted by Crippen LogP contribution is 2.32. The average molecular weight is 431 g/mol. The molecule has 0 spiro atoms. The number of nitrogens with zero attached hydrogens (tertiary/aromatic N) is 6. The molecule has 1 saturated heterocycles. The first-order valence-electron chi connectivity index (χ1n) is 11.3. The van der Waals surface area contributed by atoms with Crippen molar-refractivity contribution in [3.05, 3.63) is 78.9 Å². The van der Waals surface area contributed by atoms with Gasteiger partial charge >= 0.3 is 0 Å². The lowest BCUT2D eigenvalue weighted by Crippen LogP contribution is -2.29. The van der Waals surface area contributed by atoms with Crippen LogP contribution in [0.3, 0.4) is 0 Å². The molecule has 1 aliphatic rings. The Morgan fingerprint density at radius 2 is 1.73 bits per heavy atom. The maximum Gasteiger partial charge on any atom is 0.162 e. The molecule has 1 fully saturated rings. The lowest BCUT2D eigenvalue weighted by molar-refractivity contribution is 0.577. The zero-order valence-corrected chi connectivity index (χ0v) is 18.1. The van der Waals surface area contributed by atoms with E-state index in [0.717, 1.165) is 57.6 Å². The predicted octanol–water partition coefficient (Wildman–Crippen LogP) is 5.47. The second kappa shape index (κ2) is 8.03. The Labute approximate surface area is 191 Å². The summed E-state index contributed by atoms with van der Waals surface area (Å²) >= 11 is 0. The highest BCUT2D eigenvalue weighted by atomic mass is 15.2. The molecule has 6 nitrogen and oxygen atoms in total. The van der Waals surface area contributed by atoms with E-state index in [0.29, 0.717) is 5.56 Å². The molecule has 0 atom stereocenters. The van der Waals surface area contributed by atoms with E-state index in [9.17, 15) is 5.26 Å². The first-order chi connectivity index (χ1) is 16.3. The van der Waals surface area contributed by atoms with Gasteiger partial charge in [0.15, 0.2) is 5.65 Å². The third-order valence-electron chi connectivity index (χ3n) is 6.44. The molecule has 6 heteroatoms. The van der Waals surface area contributed by atoms with E-state index in [1.54, 1.807) is 0 Å². The topological polar surface area (TPSA) is 70.1 Å². The Bertz CT molecular complexity index is 1520. The summed E-state index contributed by atoms with van der Waals surface area (Å²) in [4.78, 5) is 11.5. The van der Waals surface area contributed by atoms with Crippen molar-refractivity contribution in [2.75, 3.05) is 18.0 Å². The van der Waals surface area contributed by atoms with Gasteiger partial charge in [-0.1, -0.05) is 24.3 Å². The van der Waals surface area contributed by atoms with Crippen molar-refractivity contribution in [1.29, 1.82) is 5.26 Å². The standard InChI is InChI=1S/C27H22N6/c28-15-20-14-19(8-9-26(20)32-12-4-1-5-13-32)21-16-30-27-24(17-31-33(27)18-21)22-10-11-29-25-7-3-2-6-23(22)25/h2-3,6-11,14,16-18H,1,4-5,12-13H2. The van der Waals surface area contributed by atoms with Gasteiger partial charge in [-0.3, -0.25) is 4.98 Å². The molecule has 33 heavy (non-hydrogen) atoms. The summed E-state index contributed by atoms with van der Waals surface area (Å²) in [5.74, 6) is 0.